The van der Waals surface area contributed by atoms with Crippen LogP contribution in [0.2, 0.25) is 0 Å². The summed E-state index contributed by atoms with van der Waals surface area (Å²) in [4.78, 5) is 39.7. The van der Waals surface area contributed by atoms with Crippen LogP contribution in [-0.4, -0.2) is 156 Å². The monoisotopic (exact) mass is 1080 g/mol. The molecule has 6 aromatic carbocycles. The summed E-state index contributed by atoms with van der Waals surface area (Å²) in [5.74, 6) is 3.42. The molecule has 10 rings (SSSR count). The molecule has 80 heavy (non-hydrogen) atoms. The first-order chi connectivity index (χ1) is 38.6. The number of hydrogen-bond donors (Lipinski definition) is 1. The van der Waals surface area contributed by atoms with E-state index in [-0.39, 0.29) is 10.6 Å². The van der Waals surface area contributed by atoms with Crippen LogP contribution >= 0.6 is 0 Å². The molecule has 0 spiro atoms. The van der Waals surface area contributed by atoms with Crippen LogP contribution in [0, 0.1) is 10.1 Å². The summed E-state index contributed by atoms with van der Waals surface area (Å²) >= 11 is 0. The average molecular weight is 1080 g/mol. The Morgan fingerprint density at radius 1 is 0.425 bits per heavy atom. The Kier molecular flexibility index (Phi) is 18.8. The summed E-state index contributed by atoms with van der Waals surface area (Å²) in [5, 5.41) is 12.2. The molecule has 2 N–H and O–H groups in total. The Morgan fingerprint density at radius 3 is 1.07 bits per heavy atom. The van der Waals surface area contributed by atoms with Crippen LogP contribution in [0.25, 0.3) is 0 Å². The largest absolute Gasteiger partial charge is 0.494 e. The molecule has 4 aliphatic rings. The number of nitrogen functional groups attached to an aromatic ring is 1. The minimum atomic E-state index is -0.327. The summed E-state index contributed by atoms with van der Waals surface area (Å²) in [7, 11) is 16.5. The number of benzene rings is 6. The molecule has 0 atom stereocenters. The number of fused-ring (bicyclic) bond motifs is 4. The van der Waals surface area contributed by atoms with Crippen LogP contribution in [0.4, 0.5) is 34.1 Å². The van der Waals surface area contributed by atoms with Gasteiger partial charge in [0.05, 0.1) is 82.5 Å². The second-order valence-corrected chi connectivity index (χ2v) is 21.9. The van der Waals surface area contributed by atoms with Crippen molar-refractivity contribution in [2.24, 2.45) is 20.0 Å². The van der Waals surface area contributed by atoms with Gasteiger partial charge in [-0.25, -0.2) is 0 Å². The summed E-state index contributed by atoms with van der Waals surface area (Å²) in [6.07, 6.45) is 6.52. The molecular weight excluding hydrogens is 1000 g/mol. The van der Waals surface area contributed by atoms with Crippen molar-refractivity contribution < 1.29 is 23.9 Å². The standard InChI is InChI=1S/C32H37N5O4.C32H39N5O2/c1-35(2)13-5-15-40-25-8-11-28-23(17-25)19-30(33-28)22-7-10-27(32(21-22)37(38)39)31-20-24-18-26(9-12-29(24)34-31)41-16-6-14-36(3)4;1-36(2)13-5-15-38-25-8-11-29-23(17-25)20-31(34-29)22-7-10-27(28(33)19-22)32-21-24-18-26(9-12-30(24)35-32)39-16-6-14-37(3)4/h7-12,17-18,21H,5-6,13-16,19-20H2,1-4H3;7-12,17-19H,5-6,13-16,20-21,33H2,1-4H3. The SMILES string of the molecule is CN(C)CCCOc1ccc2c(c1)CC(c1ccc(C3=Nc4ccc(OCCCN(C)C)cc4C3)c(N)c1)=N2.CN(C)CCCOc1ccc2c(c1)CC(c1ccc(C3=Nc4ccc(OCCCN(C)C)cc4C3)c([N+](=O)[O-])c1)=N2. The van der Waals surface area contributed by atoms with Gasteiger partial charge in [0.15, 0.2) is 0 Å². The van der Waals surface area contributed by atoms with E-state index in [1.807, 2.05) is 107 Å². The van der Waals surface area contributed by atoms with Crippen LogP contribution in [-0.2, 0) is 25.7 Å². The lowest BCUT2D eigenvalue weighted by atomic mass is 9.98. The molecule has 0 amide bonds. The van der Waals surface area contributed by atoms with Crippen LogP contribution < -0.4 is 24.7 Å². The van der Waals surface area contributed by atoms with E-state index < -0.39 is 0 Å². The van der Waals surface area contributed by atoms with Crippen molar-refractivity contribution in [1.29, 1.82) is 0 Å². The summed E-state index contributed by atoms with van der Waals surface area (Å²) in [5.41, 5.74) is 22.3. The Bertz CT molecular complexity index is 3330. The molecule has 16 nitrogen and oxygen atoms in total. The van der Waals surface area contributed by atoms with E-state index in [1.54, 1.807) is 6.07 Å². The predicted molar refractivity (Wildman–Crippen MR) is 324 cm³/mol. The van der Waals surface area contributed by atoms with Crippen molar-refractivity contribution in [2.45, 2.75) is 51.4 Å². The van der Waals surface area contributed by atoms with Crippen LogP contribution in [0.5, 0.6) is 23.0 Å². The van der Waals surface area contributed by atoms with E-state index in [0.717, 1.165) is 161 Å². The van der Waals surface area contributed by atoms with Crippen molar-refractivity contribution in [1.82, 2.24) is 19.6 Å². The summed E-state index contributed by atoms with van der Waals surface area (Å²) in [6, 6.07) is 35.6. The maximum Gasteiger partial charge on any atom is 0.279 e. The quantitative estimate of drug-likeness (QED) is 0.0251. The minimum absolute atomic E-state index is 0.0396. The zero-order chi connectivity index (χ0) is 56.3. The highest BCUT2D eigenvalue weighted by atomic mass is 16.6. The number of rotatable bonds is 25. The number of nitrogens with two attached hydrogens (primary N) is 1. The fourth-order valence-electron chi connectivity index (χ4n) is 10.1. The lowest BCUT2D eigenvalue weighted by Crippen LogP contribution is -2.15. The van der Waals surface area contributed by atoms with Crippen LogP contribution in [0.15, 0.2) is 129 Å². The number of nitro benzene ring substituents is 1. The van der Waals surface area contributed by atoms with Crippen LogP contribution in [0.1, 0.15) is 70.2 Å². The maximum atomic E-state index is 12.2. The highest BCUT2D eigenvalue weighted by Gasteiger charge is 2.27. The first-order valence-electron chi connectivity index (χ1n) is 27.7. The van der Waals surface area contributed by atoms with Gasteiger partial charge in [-0.15, -0.1) is 0 Å². The second kappa shape index (κ2) is 26.5. The Morgan fingerprint density at radius 2 is 0.738 bits per heavy atom. The zero-order valence-corrected chi connectivity index (χ0v) is 47.8. The molecule has 418 valence electrons. The lowest BCUT2D eigenvalue weighted by Gasteiger charge is -2.11. The third kappa shape index (κ3) is 14.9. The molecule has 16 heteroatoms. The Balaban J connectivity index is 0.000000194. The van der Waals surface area contributed by atoms with Crippen LogP contribution in [0.3, 0.4) is 0 Å². The van der Waals surface area contributed by atoms with Gasteiger partial charge in [0.2, 0.25) is 0 Å². The molecule has 0 aliphatic carbocycles. The topological polar surface area (TPSA) is 168 Å². The van der Waals surface area contributed by atoms with E-state index in [4.69, 9.17) is 44.7 Å². The highest BCUT2D eigenvalue weighted by Crippen LogP contribution is 2.38. The lowest BCUT2D eigenvalue weighted by molar-refractivity contribution is -0.385. The average Bonchev–Trinajstić information content (AvgIpc) is 4.26. The number of aliphatic imine (C=N–C) groups is 4. The number of hydrogen-bond acceptors (Lipinski definition) is 15. The molecule has 0 saturated heterocycles. The second-order valence-electron chi connectivity index (χ2n) is 21.9. The molecule has 0 saturated carbocycles. The molecular formula is C64H76N10O6. The molecule has 4 aliphatic heterocycles. The first kappa shape index (κ1) is 56.9. The Labute approximate surface area is 471 Å². The number of nitrogens with zero attached hydrogens (tertiary/aromatic N) is 9. The normalized spacial score (nSPS) is 13.8. The fraction of sp³-hybridized carbons (Fsp3) is 0.375. The van der Waals surface area contributed by atoms with Gasteiger partial charge in [0.25, 0.3) is 5.69 Å². The smallest absolute Gasteiger partial charge is 0.279 e. The van der Waals surface area contributed by atoms with E-state index in [9.17, 15) is 10.1 Å². The van der Waals surface area contributed by atoms with Gasteiger partial charge < -0.3 is 44.3 Å². The number of anilines is 1. The molecule has 4 heterocycles. The highest BCUT2D eigenvalue weighted by molar-refractivity contribution is 6.13. The van der Waals surface area contributed by atoms with Gasteiger partial charge in [0.1, 0.15) is 23.0 Å². The zero-order valence-electron chi connectivity index (χ0n) is 47.8. The van der Waals surface area contributed by atoms with E-state index >= 15 is 0 Å². The maximum absolute atomic E-state index is 12.2. The van der Waals surface area contributed by atoms with Crippen molar-refractivity contribution in [3.05, 3.63) is 164 Å². The van der Waals surface area contributed by atoms with Gasteiger partial charge in [-0.2, -0.15) is 0 Å². The van der Waals surface area contributed by atoms with Gasteiger partial charge in [-0.05, 0) is 195 Å². The predicted octanol–water partition coefficient (Wildman–Crippen LogP) is 10.9. The third-order valence-corrected chi connectivity index (χ3v) is 14.3. The molecule has 6 aromatic rings. The molecule has 0 aromatic heterocycles. The van der Waals surface area contributed by atoms with Gasteiger partial charge in [-0.3, -0.25) is 30.1 Å². The molecule has 0 fully saturated rings. The van der Waals surface area contributed by atoms with E-state index in [0.29, 0.717) is 50.5 Å². The van der Waals surface area contributed by atoms with Crippen molar-refractivity contribution in [3.8, 4) is 23.0 Å². The third-order valence-electron chi connectivity index (χ3n) is 14.3. The molecule has 0 bridgehead atoms. The summed E-state index contributed by atoms with van der Waals surface area (Å²) in [6.45, 7) is 6.66. The number of nitro groups is 1. The van der Waals surface area contributed by atoms with Crippen molar-refractivity contribution >= 4 is 57.0 Å². The van der Waals surface area contributed by atoms with Gasteiger partial charge >= 0.3 is 0 Å². The van der Waals surface area contributed by atoms with Crippen molar-refractivity contribution in [2.75, 3.05) is 115 Å². The first-order valence-corrected chi connectivity index (χ1v) is 27.7. The minimum Gasteiger partial charge on any atom is -0.494 e. The summed E-state index contributed by atoms with van der Waals surface area (Å²) < 4.78 is 23.8. The molecule has 0 unspecified atom stereocenters. The van der Waals surface area contributed by atoms with E-state index in [1.165, 1.54) is 11.1 Å². The number of ether oxygens (including phenoxy) is 4. The fourth-order valence-corrected chi connectivity index (χ4v) is 10.1. The van der Waals surface area contributed by atoms with Crippen molar-refractivity contribution in [3.63, 3.8) is 0 Å². The Hall–Kier alpha value is -7.76. The van der Waals surface area contributed by atoms with Gasteiger partial charge in [0, 0.05) is 74.7 Å². The van der Waals surface area contributed by atoms with E-state index in [2.05, 4.69) is 72.1 Å². The van der Waals surface area contributed by atoms with Gasteiger partial charge in [-0.1, -0.05) is 18.2 Å². The molecule has 0 radical (unpaired) electrons.